The van der Waals surface area contributed by atoms with Crippen molar-refractivity contribution in [1.82, 2.24) is 20.3 Å². The van der Waals surface area contributed by atoms with Gasteiger partial charge in [-0.15, -0.1) is 5.10 Å². The van der Waals surface area contributed by atoms with E-state index in [1.54, 1.807) is 17.8 Å². The Morgan fingerprint density at radius 1 is 1.53 bits per heavy atom. The summed E-state index contributed by atoms with van der Waals surface area (Å²) in [5.74, 6) is 0.224. The van der Waals surface area contributed by atoms with Crippen LogP contribution in [0, 0.1) is 5.92 Å². The van der Waals surface area contributed by atoms with Gasteiger partial charge in [-0.05, 0) is 19.8 Å². The highest BCUT2D eigenvalue weighted by atomic mass is 16.2. The molecule has 1 aromatic heterocycles. The lowest BCUT2D eigenvalue weighted by atomic mass is 10.0. The molecule has 1 rings (SSSR count). The maximum Gasteiger partial charge on any atom is 0.244 e. The lowest BCUT2D eigenvalue weighted by Crippen LogP contribution is -2.31. The smallest absolute Gasteiger partial charge is 0.244 e. The van der Waals surface area contributed by atoms with Gasteiger partial charge in [0.1, 0.15) is 6.04 Å². The van der Waals surface area contributed by atoms with E-state index in [2.05, 4.69) is 15.6 Å². The number of aromatic nitrogens is 3. The molecule has 6 nitrogen and oxygen atoms in total. The molecule has 0 fully saturated rings. The van der Waals surface area contributed by atoms with Crippen molar-refractivity contribution in [2.45, 2.75) is 39.8 Å². The molecule has 0 radical (unpaired) electrons. The Morgan fingerprint density at radius 3 is 2.71 bits per heavy atom. The van der Waals surface area contributed by atoms with E-state index in [-0.39, 0.29) is 18.0 Å². The topological polar surface area (TPSA) is 85.8 Å². The van der Waals surface area contributed by atoms with Crippen LogP contribution in [0.1, 0.15) is 45.5 Å². The number of nitrogens with two attached hydrogens (primary N) is 1. The van der Waals surface area contributed by atoms with Crippen molar-refractivity contribution < 1.29 is 4.79 Å². The Morgan fingerprint density at radius 2 is 2.18 bits per heavy atom. The molecule has 6 heteroatoms. The van der Waals surface area contributed by atoms with Gasteiger partial charge in [-0.1, -0.05) is 19.1 Å². The van der Waals surface area contributed by atoms with Gasteiger partial charge in [-0.25, -0.2) is 4.68 Å². The van der Waals surface area contributed by atoms with Crippen molar-refractivity contribution in [2.24, 2.45) is 11.7 Å². The molecule has 0 aromatic carbocycles. The van der Waals surface area contributed by atoms with E-state index in [1.807, 2.05) is 20.8 Å². The SMILES string of the molecule is CCNC(=O)C(C)n1cc(C(N)C(C)C)nn1. The lowest BCUT2D eigenvalue weighted by molar-refractivity contribution is -0.124. The van der Waals surface area contributed by atoms with Crippen molar-refractivity contribution in [2.75, 3.05) is 6.54 Å². The first-order chi connectivity index (χ1) is 7.97. The second kappa shape index (κ2) is 5.77. The van der Waals surface area contributed by atoms with Crippen molar-refractivity contribution in [1.29, 1.82) is 0 Å². The van der Waals surface area contributed by atoms with Gasteiger partial charge in [0.25, 0.3) is 0 Å². The number of rotatable bonds is 5. The van der Waals surface area contributed by atoms with Gasteiger partial charge in [0.15, 0.2) is 0 Å². The minimum atomic E-state index is -0.365. The number of nitrogens with zero attached hydrogens (tertiary/aromatic N) is 3. The van der Waals surface area contributed by atoms with Crippen molar-refractivity contribution in [3.05, 3.63) is 11.9 Å². The minimum absolute atomic E-state index is 0.0675. The van der Waals surface area contributed by atoms with E-state index in [9.17, 15) is 4.79 Å². The van der Waals surface area contributed by atoms with Gasteiger partial charge in [0.05, 0.1) is 17.9 Å². The van der Waals surface area contributed by atoms with Crippen LogP contribution in [0.5, 0.6) is 0 Å². The van der Waals surface area contributed by atoms with Gasteiger partial charge >= 0.3 is 0 Å². The molecule has 0 saturated heterocycles. The summed E-state index contributed by atoms with van der Waals surface area (Å²) in [6.45, 7) is 8.32. The Bertz CT molecular complexity index is 374. The first-order valence-electron chi connectivity index (χ1n) is 5.92. The Kier molecular flexibility index (Phi) is 4.62. The molecule has 0 aliphatic carbocycles. The summed E-state index contributed by atoms with van der Waals surface area (Å²) in [6.07, 6.45) is 1.74. The van der Waals surface area contributed by atoms with Gasteiger partial charge < -0.3 is 11.1 Å². The highest BCUT2D eigenvalue weighted by molar-refractivity contribution is 5.79. The second-order valence-electron chi connectivity index (χ2n) is 4.46. The molecule has 2 atom stereocenters. The molecule has 0 saturated carbocycles. The summed E-state index contributed by atoms with van der Waals surface area (Å²) < 4.78 is 1.54. The number of carbonyl (C=O) groups is 1. The summed E-state index contributed by atoms with van der Waals surface area (Å²) >= 11 is 0. The quantitative estimate of drug-likeness (QED) is 0.789. The first-order valence-corrected chi connectivity index (χ1v) is 5.92. The summed E-state index contributed by atoms with van der Waals surface area (Å²) in [4.78, 5) is 11.6. The van der Waals surface area contributed by atoms with Crippen LogP contribution >= 0.6 is 0 Å². The molecular formula is C11H21N5O. The van der Waals surface area contributed by atoms with Crippen molar-refractivity contribution in [3.63, 3.8) is 0 Å². The second-order valence-corrected chi connectivity index (χ2v) is 4.46. The fourth-order valence-electron chi connectivity index (χ4n) is 1.42. The monoisotopic (exact) mass is 239 g/mol. The van der Waals surface area contributed by atoms with Gasteiger partial charge in [0.2, 0.25) is 5.91 Å². The summed E-state index contributed by atoms with van der Waals surface area (Å²) in [5.41, 5.74) is 6.69. The molecule has 2 unspecified atom stereocenters. The van der Waals surface area contributed by atoms with Crippen LogP contribution in [0.3, 0.4) is 0 Å². The molecule has 96 valence electrons. The molecule has 3 N–H and O–H groups in total. The van der Waals surface area contributed by atoms with Crippen LogP contribution in [0.2, 0.25) is 0 Å². The standard InChI is InChI=1S/C11H21N5O/c1-5-13-11(17)8(4)16-6-9(14-15-16)10(12)7(2)3/h6-8,10H,5,12H2,1-4H3,(H,13,17). The molecule has 0 aliphatic rings. The van der Waals surface area contributed by atoms with Gasteiger partial charge in [-0.3, -0.25) is 4.79 Å². The molecule has 17 heavy (non-hydrogen) atoms. The van der Waals surface area contributed by atoms with Crippen LogP contribution in [0.15, 0.2) is 6.20 Å². The van der Waals surface area contributed by atoms with E-state index in [0.717, 1.165) is 5.69 Å². The highest BCUT2D eigenvalue weighted by Crippen LogP contribution is 2.16. The average molecular weight is 239 g/mol. The summed E-state index contributed by atoms with van der Waals surface area (Å²) in [6, 6.07) is -0.513. The number of hydrogen-bond donors (Lipinski definition) is 2. The molecule has 0 spiro atoms. The third-order valence-corrected chi connectivity index (χ3v) is 2.72. The van der Waals surface area contributed by atoms with Gasteiger partial charge in [0, 0.05) is 6.54 Å². The molecule has 0 aliphatic heterocycles. The van der Waals surface area contributed by atoms with Crippen LogP contribution in [-0.2, 0) is 4.79 Å². The maximum atomic E-state index is 11.6. The number of likely N-dealkylation sites (N-methyl/N-ethyl adjacent to an activating group) is 1. The fourth-order valence-corrected chi connectivity index (χ4v) is 1.42. The van der Waals surface area contributed by atoms with E-state index < -0.39 is 0 Å². The molecule has 1 aromatic rings. The van der Waals surface area contributed by atoms with Crippen LogP contribution < -0.4 is 11.1 Å². The third kappa shape index (κ3) is 3.26. The highest BCUT2D eigenvalue weighted by Gasteiger charge is 2.19. The number of amides is 1. The largest absolute Gasteiger partial charge is 0.355 e. The Labute approximate surface area is 102 Å². The van der Waals surface area contributed by atoms with E-state index in [0.29, 0.717) is 12.5 Å². The third-order valence-electron chi connectivity index (χ3n) is 2.72. The predicted octanol–water partition coefficient (Wildman–Crippen LogP) is 0.631. The lowest BCUT2D eigenvalue weighted by Gasteiger charge is -2.12. The van der Waals surface area contributed by atoms with E-state index >= 15 is 0 Å². The molecule has 1 amide bonds. The minimum Gasteiger partial charge on any atom is -0.355 e. The van der Waals surface area contributed by atoms with Crippen LogP contribution in [0.25, 0.3) is 0 Å². The maximum absolute atomic E-state index is 11.6. The Hall–Kier alpha value is -1.43. The van der Waals surface area contributed by atoms with Gasteiger partial charge in [-0.2, -0.15) is 0 Å². The fraction of sp³-hybridized carbons (Fsp3) is 0.727. The number of carbonyl (C=O) groups excluding carboxylic acids is 1. The number of nitrogens with one attached hydrogen (secondary N) is 1. The van der Waals surface area contributed by atoms with Crippen molar-refractivity contribution >= 4 is 5.91 Å². The van der Waals surface area contributed by atoms with E-state index in [4.69, 9.17) is 5.73 Å². The van der Waals surface area contributed by atoms with Crippen LogP contribution in [-0.4, -0.2) is 27.4 Å². The van der Waals surface area contributed by atoms with Crippen molar-refractivity contribution in [3.8, 4) is 0 Å². The zero-order valence-electron chi connectivity index (χ0n) is 10.8. The summed E-state index contributed by atoms with van der Waals surface area (Å²) in [5, 5.41) is 10.7. The van der Waals surface area contributed by atoms with E-state index in [1.165, 1.54) is 0 Å². The summed E-state index contributed by atoms with van der Waals surface area (Å²) in [7, 11) is 0. The zero-order chi connectivity index (χ0) is 13.0. The predicted molar refractivity (Wildman–Crippen MR) is 65.2 cm³/mol. The number of hydrogen-bond acceptors (Lipinski definition) is 4. The Balaban J connectivity index is 2.77. The average Bonchev–Trinajstić information content (AvgIpc) is 2.76. The molecule has 1 heterocycles. The first kappa shape index (κ1) is 13.6. The normalized spacial score (nSPS) is 14.7. The zero-order valence-corrected chi connectivity index (χ0v) is 10.8. The van der Waals surface area contributed by atoms with Crippen LogP contribution in [0.4, 0.5) is 0 Å². The molecule has 0 bridgehead atoms. The molecular weight excluding hydrogens is 218 g/mol.